The maximum Gasteiger partial charge on any atom is 0.418 e. The SMILES string of the molecule is N[C@H]1CCN(C(=O)[C@H]2CC[C@@H]3CN2C(=O)N3OS(=O)(=O)O)C1. The smallest absolute Gasteiger partial charge is 0.339 e. The molecule has 0 saturated carbocycles. The van der Waals surface area contributed by atoms with Gasteiger partial charge in [0, 0.05) is 25.7 Å². The van der Waals surface area contributed by atoms with Crippen LogP contribution in [-0.2, 0) is 19.5 Å². The molecule has 3 rings (SSSR count). The van der Waals surface area contributed by atoms with Gasteiger partial charge >= 0.3 is 16.4 Å². The third-order valence-electron chi connectivity index (χ3n) is 4.32. The van der Waals surface area contributed by atoms with Crippen molar-refractivity contribution in [1.29, 1.82) is 0 Å². The molecule has 3 atom stereocenters. The van der Waals surface area contributed by atoms with E-state index in [0.29, 0.717) is 31.0 Å². The van der Waals surface area contributed by atoms with Crippen LogP contribution in [-0.4, -0.2) is 77.5 Å². The molecule has 0 aliphatic carbocycles. The average Bonchev–Trinajstić information content (AvgIpc) is 2.96. The van der Waals surface area contributed by atoms with Crippen molar-refractivity contribution in [2.24, 2.45) is 5.73 Å². The van der Waals surface area contributed by atoms with Crippen LogP contribution in [0.2, 0.25) is 0 Å². The zero-order valence-electron chi connectivity index (χ0n) is 11.8. The first-order valence-electron chi connectivity index (χ1n) is 7.07. The van der Waals surface area contributed by atoms with E-state index in [1.807, 2.05) is 0 Å². The highest BCUT2D eigenvalue weighted by atomic mass is 32.3. The van der Waals surface area contributed by atoms with Gasteiger partial charge in [-0.25, -0.2) is 4.79 Å². The van der Waals surface area contributed by atoms with Gasteiger partial charge in [-0.2, -0.15) is 13.5 Å². The Bertz CT molecular complexity index is 595. The number of rotatable bonds is 3. The van der Waals surface area contributed by atoms with E-state index in [9.17, 15) is 18.0 Å². The first-order valence-corrected chi connectivity index (χ1v) is 8.44. The van der Waals surface area contributed by atoms with E-state index in [0.717, 1.165) is 6.42 Å². The Kier molecular flexibility index (Phi) is 3.75. The number of hydroxylamine groups is 2. The van der Waals surface area contributed by atoms with Crippen molar-refractivity contribution in [3.05, 3.63) is 0 Å². The summed E-state index contributed by atoms with van der Waals surface area (Å²) in [6.07, 6.45) is 1.58. The summed E-state index contributed by atoms with van der Waals surface area (Å²) < 4.78 is 34.7. The molecule has 0 radical (unpaired) electrons. The first-order chi connectivity index (χ1) is 10.3. The highest BCUT2D eigenvalue weighted by molar-refractivity contribution is 7.80. The number of hydrogen-bond donors (Lipinski definition) is 2. The van der Waals surface area contributed by atoms with Crippen molar-refractivity contribution >= 4 is 22.3 Å². The Balaban J connectivity index is 1.73. The van der Waals surface area contributed by atoms with Crippen LogP contribution in [0.15, 0.2) is 0 Å². The van der Waals surface area contributed by atoms with E-state index in [2.05, 4.69) is 4.28 Å². The standard InChI is InChI=1S/C11H18N4O6S/c12-7-3-4-13(5-7)10(16)9-2-1-8-6-14(9)11(17)15(8)21-22(18,19)20/h7-9H,1-6,12H2,(H,18,19,20)/t7-,8+,9+/m0/s1. The van der Waals surface area contributed by atoms with Gasteiger partial charge < -0.3 is 15.5 Å². The number of amides is 3. The molecule has 10 nitrogen and oxygen atoms in total. The van der Waals surface area contributed by atoms with Crippen LogP contribution in [0.5, 0.6) is 0 Å². The fourth-order valence-electron chi connectivity index (χ4n) is 3.29. The molecule has 3 saturated heterocycles. The topological polar surface area (TPSA) is 133 Å². The lowest BCUT2D eigenvalue weighted by atomic mass is 10.00. The maximum atomic E-state index is 12.5. The van der Waals surface area contributed by atoms with E-state index in [1.165, 1.54) is 4.90 Å². The van der Waals surface area contributed by atoms with Crippen molar-refractivity contribution in [3.63, 3.8) is 0 Å². The van der Waals surface area contributed by atoms with Gasteiger partial charge in [0.05, 0.1) is 6.04 Å². The fourth-order valence-corrected chi connectivity index (χ4v) is 3.67. The van der Waals surface area contributed by atoms with Gasteiger partial charge in [-0.1, -0.05) is 0 Å². The number of likely N-dealkylation sites (tertiary alicyclic amines) is 1. The molecular formula is C11H18N4O6S. The molecule has 0 aromatic carbocycles. The lowest BCUT2D eigenvalue weighted by Gasteiger charge is -2.32. The monoisotopic (exact) mass is 334 g/mol. The minimum atomic E-state index is -4.77. The van der Waals surface area contributed by atoms with Crippen LogP contribution in [0.4, 0.5) is 4.79 Å². The molecule has 3 N–H and O–H groups in total. The summed E-state index contributed by atoms with van der Waals surface area (Å²) in [4.78, 5) is 27.7. The second-order valence-electron chi connectivity index (χ2n) is 5.84. The zero-order chi connectivity index (χ0) is 16.1. The van der Waals surface area contributed by atoms with Crippen LogP contribution in [0, 0.1) is 0 Å². The van der Waals surface area contributed by atoms with Crippen molar-refractivity contribution in [2.75, 3.05) is 19.6 Å². The Morgan fingerprint density at radius 3 is 2.59 bits per heavy atom. The summed E-state index contributed by atoms with van der Waals surface area (Å²) in [5, 5.41) is 0.637. The summed E-state index contributed by atoms with van der Waals surface area (Å²) in [5.41, 5.74) is 5.79. The molecule has 0 unspecified atom stereocenters. The van der Waals surface area contributed by atoms with Gasteiger partial charge in [0.15, 0.2) is 0 Å². The Labute approximate surface area is 127 Å². The molecule has 0 aromatic rings. The summed E-state index contributed by atoms with van der Waals surface area (Å²) >= 11 is 0. The lowest BCUT2D eigenvalue weighted by Crippen LogP contribution is -2.51. The summed E-state index contributed by atoms with van der Waals surface area (Å²) in [5.74, 6) is -0.173. The molecule has 2 bridgehead atoms. The second-order valence-corrected chi connectivity index (χ2v) is 6.85. The van der Waals surface area contributed by atoms with E-state index < -0.39 is 28.5 Å². The third kappa shape index (κ3) is 2.76. The number of hydrogen-bond acceptors (Lipinski definition) is 6. The average molecular weight is 334 g/mol. The second kappa shape index (κ2) is 5.33. The van der Waals surface area contributed by atoms with Gasteiger partial charge in [-0.3, -0.25) is 9.35 Å². The van der Waals surface area contributed by atoms with Gasteiger partial charge in [0.25, 0.3) is 0 Å². The number of fused-ring (bicyclic) bond motifs is 2. The molecule has 3 heterocycles. The summed E-state index contributed by atoms with van der Waals surface area (Å²) in [6, 6.07) is -1.89. The number of piperidine rings is 1. The number of carbonyl (C=O) groups is 2. The first kappa shape index (κ1) is 15.5. The predicted molar refractivity (Wildman–Crippen MR) is 72.6 cm³/mol. The van der Waals surface area contributed by atoms with E-state index >= 15 is 0 Å². The van der Waals surface area contributed by atoms with Crippen LogP contribution in [0.1, 0.15) is 19.3 Å². The quantitative estimate of drug-likeness (QED) is 0.603. The van der Waals surface area contributed by atoms with Crippen molar-refractivity contribution < 1.29 is 26.8 Å². The number of nitrogens with two attached hydrogens (primary N) is 1. The molecule has 0 aromatic heterocycles. The minimum absolute atomic E-state index is 0.0473. The predicted octanol–water partition coefficient (Wildman–Crippen LogP) is -1.45. The molecule has 3 aliphatic heterocycles. The van der Waals surface area contributed by atoms with Gasteiger partial charge in [-0.15, -0.1) is 4.28 Å². The van der Waals surface area contributed by atoms with Crippen LogP contribution in [0.3, 0.4) is 0 Å². The molecule has 124 valence electrons. The normalized spacial score (nSPS) is 32.0. The van der Waals surface area contributed by atoms with Crippen molar-refractivity contribution in [1.82, 2.24) is 14.9 Å². The number of urea groups is 1. The van der Waals surface area contributed by atoms with Gasteiger partial charge in [-0.05, 0) is 19.3 Å². The van der Waals surface area contributed by atoms with Crippen molar-refractivity contribution in [3.8, 4) is 0 Å². The van der Waals surface area contributed by atoms with Gasteiger partial charge in [0.2, 0.25) is 5.91 Å². The van der Waals surface area contributed by atoms with Crippen LogP contribution in [0.25, 0.3) is 0 Å². The van der Waals surface area contributed by atoms with E-state index in [4.69, 9.17) is 10.3 Å². The maximum absolute atomic E-state index is 12.5. The fraction of sp³-hybridized carbons (Fsp3) is 0.818. The van der Waals surface area contributed by atoms with Crippen LogP contribution < -0.4 is 5.73 Å². The molecule has 3 amide bonds. The summed E-state index contributed by atoms with van der Waals surface area (Å²) in [7, 11) is -4.77. The Hall–Kier alpha value is -1.43. The summed E-state index contributed by atoms with van der Waals surface area (Å²) in [6.45, 7) is 1.23. The minimum Gasteiger partial charge on any atom is -0.339 e. The number of nitrogens with zero attached hydrogens (tertiary/aromatic N) is 3. The number of carbonyl (C=O) groups excluding carboxylic acids is 2. The van der Waals surface area contributed by atoms with E-state index in [-0.39, 0.29) is 18.5 Å². The largest absolute Gasteiger partial charge is 0.418 e. The zero-order valence-corrected chi connectivity index (χ0v) is 12.6. The Morgan fingerprint density at radius 1 is 1.27 bits per heavy atom. The highest BCUT2D eigenvalue weighted by Crippen LogP contribution is 2.31. The Morgan fingerprint density at radius 2 is 2.00 bits per heavy atom. The molecule has 0 spiro atoms. The van der Waals surface area contributed by atoms with Crippen LogP contribution >= 0.6 is 0 Å². The molecular weight excluding hydrogens is 316 g/mol. The molecule has 11 heteroatoms. The molecule has 3 fully saturated rings. The third-order valence-corrected chi connectivity index (χ3v) is 4.67. The van der Waals surface area contributed by atoms with E-state index in [1.54, 1.807) is 4.90 Å². The highest BCUT2D eigenvalue weighted by Gasteiger charge is 2.50. The lowest BCUT2D eigenvalue weighted by molar-refractivity contribution is -0.135. The van der Waals surface area contributed by atoms with Gasteiger partial charge in [0.1, 0.15) is 6.04 Å². The molecule has 3 aliphatic rings. The van der Waals surface area contributed by atoms with Crippen molar-refractivity contribution in [2.45, 2.75) is 37.4 Å². The molecule has 22 heavy (non-hydrogen) atoms.